The molecule has 1 amide bonds. The summed E-state index contributed by atoms with van der Waals surface area (Å²) >= 11 is 0. The average molecular weight is 383 g/mol. The number of piperidine rings is 2. The lowest BCUT2D eigenvalue weighted by molar-refractivity contribution is -0.136. The van der Waals surface area contributed by atoms with Crippen molar-refractivity contribution in [2.45, 2.75) is 44.6 Å². The van der Waals surface area contributed by atoms with Crippen LogP contribution in [0.1, 0.15) is 38.5 Å². The number of hydrogen-bond acceptors (Lipinski definition) is 5. The zero-order valence-corrected chi connectivity index (χ0v) is 16.6. The number of furan rings is 1. The number of fused-ring (bicyclic) bond motifs is 1. The summed E-state index contributed by atoms with van der Waals surface area (Å²) < 4.78 is 5.53. The van der Waals surface area contributed by atoms with Crippen molar-refractivity contribution >= 4 is 22.7 Å². The van der Waals surface area contributed by atoms with Gasteiger partial charge in [-0.3, -0.25) is 9.69 Å². The maximum Gasteiger partial charge on any atom is 0.226 e. The molecule has 1 unspecified atom stereocenters. The van der Waals surface area contributed by atoms with Gasteiger partial charge in [0.05, 0.1) is 17.6 Å². The number of rotatable bonds is 3. The molecule has 0 aromatic carbocycles. The van der Waals surface area contributed by atoms with E-state index in [2.05, 4.69) is 19.7 Å². The molecule has 6 heteroatoms. The Morgan fingerprint density at radius 2 is 1.82 bits per heavy atom. The molecule has 6 nitrogen and oxygen atoms in total. The molecule has 1 atom stereocenters. The third-order valence-corrected chi connectivity index (χ3v) is 6.86. The molecule has 28 heavy (non-hydrogen) atoms. The predicted molar refractivity (Wildman–Crippen MR) is 109 cm³/mol. The first-order chi connectivity index (χ1) is 13.8. The van der Waals surface area contributed by atoms with Crippen LogP contribution >= 0.6 is 0 Å². The summed E-state index contributed by atoms with van der Waals surface area (Å²) in [5, 5.41) is 1.11. The molecule has 5 heterocycles. The average Bonchev–Trinajstić information content (AvgIpc) is 3.45. The van der Waals surface area contributed by atoms with Crippen LogP contribution < -0.4 is 4.90 Å². The van der Waals surface area contributed by atoms with Gasteiger partial charge in [-0.05, 0) is 57.2 Å². The molecule has 0 radical (unpaired) electrons. The monoisotopic (exact) mass is 382 g/mol. The SMILES string of the molecule is O=C(C1CCCN(C2CCN(c3nccc4occc34)CC2)C1)N1CCCC1. The molecule has 5 rings (SSSR count). The first-order valence-corrected chi connectivity index (χ1v) is 10.9. The third kappa shape index (κ3) is 3.39. The standard InChI is InChI=1S/C22H30N4O2/c27-22(25-10-1-2-11-25)17-4-3-12-26(16-17)18-6-13-24(14-7-18)21-19-8-15-28-20(19)5-9-23-21/h5,8-9,15,17-18H,1-4,6-7,10-14,16H2. The van der Waals surface area contributed by atoms with Crippen LogP contribution in [0.2, 0.25) is 0 Å². The van der Waals surface area contributed by atoms with Crippen LogP contribution in [0, 0.1) is 5.92 Å². The molecule has 0 aliphatic carbocycles. The van der Waals surface area contributed by atoms with Crippen LogP contribution in [-0.4, -0.2) is 66.0 Å². The van der Waals surface area contributed by atoms with Gasteiger partial charge in [-0.25, -0.2) is 4.98 Å². The molecule has 150 valence electrons. The summed E-state index contributed by atoms with van der Waals surface area (Å²) in [4.78, 5) is 24.6. The van der Waals surface area contributed by atoms with Gasteiger partial charge >= 0.3 is 0 Å². The van der Waals surface area contributed by atoms with Gasteiger partial charge in [0.2, 0.25) is 5.91 Å². The highest BCUT2D eigenvalue weighted by Crippen LogP contribution is 2.30. The largest absolute Gasteiger partial charge is 0.464 e. The molecular formula is C22H30N4O2. The van der Waals surface area contributed by atoms with E-state index in [1.807, 2.05) is 18.3 Å². The van der Waals surface area contributed by atoms with E-state index in [0.717, 1.165) is 81.7 Å². The van der Waals surface area contributed by atoms with E-state index in [-0.39, 0.29) is 5.92 Å². The number of carbonyl (C=O) groups excluding carboxylic acids is 1. The van der Waals surface area contributed by atoms with Crippen molar-refractivity contribution in [1.29, 1.82) is 0 Å². The van der Waals surface area contributed by atoms with Crippen molar-refractivity contribution in [1.82, 2.24) is 14.8 Å². The molecule has 3 aliphatic rings. The van der Waals surface area contributed by atoms with Gasteiger partial charge in [-0.15, -0.1) is 0 Å². The smallest absolute Gasteiger partial charge is 0.226 e. The van der Waals surface area contributed by atoms with Crippen LogP contribution in [0.5, 0.6) is 0 Å². The number of amides is 1. The highest BCUT2D eigenvalue weighted by atomic mass is 16.3. The van der Waals surface area contributed by atoms with Crippen molar-refractivity contribution in [2.24, 2.45) is 5.92 Å². The van der Waals surface area contributed by atoms with E-state index in [0.29, 0.717) is 11.9 Å². The second kappa shape index (κ2) is 7.74. The van der Waals surface area contributed by atoms with E-state index in [1.165, 1.54) is 12.8 Å². The molecule has 0 N–H and O–H groups in total. The van der Waals surface area contributed by atoms with Crippen molar-refractivity contribution in [3.63, 3.8) is 0 Å². The zero-order chi connectivity index (χ0) is 18.9. The molecular weight excluding hydrogens is 352 g/mol. The van der Waals surface area contributed by atoms with E-state index in [9.17, 15) is 4.79 Å². The quantitative estimate of drug-likeness (QED) is 0.816. The number of nitrogens with zero attached hydrogens (tertiary/aromatic N) is 4. The van der Waals surface area contributed by atoms with Crippen LogP contribution in [0.15, 0.2) is 29.0 Å². The van der Waals surface area contributed by atoms with Gasteiger partial charge in [-0.2, -0.15) is 0 Å². The Kier molecular flexibility index (Phi) is 4.97. The van der Waals surface area contributed by atoms with Gasteiger partial charge in [-0.1, -0.05) is 0 Å². The Morgan fingerprint density at radius 1 is 1.00 bits per heavy atom. The normalized spacial score (nSPS) is 24.9. The second-order valence-corrected chi connectivity index (χ2v) is 8.55. The van der Waals surface area contributed by atoms with Crippen molar-refractivity contribution in [2.75, 3.05) is 44.2 Å². The van der Waals surface area contributed by atoms with Crippen molar-refractivity contribution in [3.05, 3.63) is 24.6 Å². The first kappa shape index (κ1) is 18.0. The molecule has 0 bridgehead atoms. The predicted octanol–water partition coefficient (Wildman–Crippen LogP) is 3.13. The molecule has 0 spiro atoms. The summed E-state index contributed by atoms with van der Waals surface area (Å²) in [5.41, 5.74) is 0.909. The maximum atomic E-state index is 12.8. The van der Waals surface area contributed by atoms with Crippen LogP contribution in [0.4, 0.5) is 5.82 Å². The van der Waals surface area contributed by atoms with E-state index in [1.54, 1.807) is 6.26 Å². The van der Waals surface area contributed by atoms with E-state index < -0.39 is 0 Å². The van der Waals surface area contributed by atoms with Crippen LogP contribution in [0.25, 0.3) is 11.0 Å². The Morgan fingerprint density at radius 3 is 2.64 bits per heavy atom. The Bertz CT molecular complexity index is 821. The highest BCUT2D eigenvalue weighted by Gasteiger charge is 2.34. The van der Waals surface area contributed by atoms with Gasteiger partial charge in [0.25, 0.3) is 0 Å². The molecule has 3 saturated heterocycles. The van der Waals surface area contributed by atoms with Gasteiger partial charge in [0, 0.05) is 45.0 Å². The minimum absolute atomic E-state index is 0.214. The van der Waals surface area contributed by atoms with Crippen LogP contribution in [-0.2, 0) is 4.79 Å². The summed E-state index contributed by atoms with van der Waals surface area (Å²) in [6.07, 6.45) is 10.4. The summed E-state index contributed by atoms with van der Waals surface area (Å²) in [6.45, 7) is 6.08. The number of carbonyl (C=O) groups is 1. The molecule has 3 aliphatic heterocycles. The Balaban J connectivity index is 1.20. The fourth-order valence-electron chi connectivity index (χ4n) is 5.31. The Hall–Kier alpha value is -2.08. The number of aromatic nitrogens is 1. The van der Waals surface area contributed by atoms with Crippen molar-refractivity contribution < 1.29 is 9.21 Å². The molecule has 0 saturated carbocycles. The summed E-state index contributed by atoms with van der Waals surface area (Å²) in [7, 11) is 0. The van der Waals surface area contributed by atoms with Crippen LogP contribution in [0.3, 0.4) is 0 Å². The topological polar surface area (TPSA) is 52.8 Å². The van der Waals surface area contributed by atoms with E-state index in [4.69, 9.17) is 4.42 Å². The first-order valence-electron chi connectivity index (χ1n) is 10.9. The van der Waals surface area contributed by atoms with Gasteiger partial charge < -0.3 is 14.2 Å². The van der Waals surface area contributed by atoms with E-state index >= 15 is 0 Å². The fourth-order valence-corrected chi connectivity index (χ4v) is 5.31. The van der Waals surface area contributed by atoms with Gasteiger partial charge in [0.1, 0.15) is 11.4 Å². The lowest BCUT2D eigenvalue weighted by Crippen LogP contribution is -2.51. The number of likely N-dealkylation sites (tertiary alicyclic amines) is 2. The minimum atomic E-state index is 0.214. The minimum Gasteiger partial charge on any atom is -0.464 e. The third-order valence-electron chi connectivity index (χ3n) is 6.86. The summed E-state index contributed by atoms with van der Waals surface area (Å²) in [6, 6.07) is 4.54. The molecule has 3 fully saturated rings. The molecule has 2 aromatic rings. The zero-order valence-electron chi connectivity index (χ0n) is 16.6. The highest BCUT2D eigenvalue weighted by molar-refractivity contribution is 5.88. The number of hydrogen-bond donors (Lipinski definition) is 0. The van der Waals surface area contributed by atoms with Gasteiger partial charge in [0.15, 0.2) is 0 Å². The maximum absolute atomic E-state index is 12.8. The molecule has 2 aromatic heterocycles. The lowest BCUT2D eigenvalue weighted by atomic mass is 9.93. The second-order valence-electron chi connectivity index (χ2n) is 8.55. The summed E-state index contributed by atoms with van der Waals surface area (Å²) in [5.74, 6) is 1.67. The number of pyridine rings is 1. The lowest BCUT2D eigenvalue weighted by Gasteiger charge is -2.42. The Labute approximate surface area is 166 Å². The van der Waals surface area contributed by atoms with Crippen molar-refractivity contribution in [3.8, 4) is 0 Å². The fraction of sp³-hybridized carbons (Fsp3) is 0.636. The number of anilines is 1.